The lowest BCUT2D eigenvalue weighted by atomic mass is 10.1. The highest BCUT2D eigenvalue weighted by Crippen LogP contribution is 2.21. The molecule has 0 aromatic heterocycles. The van der Waals surface area contributed by atoms with Crippen LogP contribution in [0.5, 0.6) is 0 Å². The lowest BCUT2D eigenvalue weighted by Crippen LogP contribution is -2.45. The number of ether oxygens (including phenoxy) is 1. The van der Waals surface area contributed by atoms with Crippen LogP contribution in [0.25, 0.3) is 0 Å². The minimum atomic E-state index is 0.176. The summed E-state index contributed by atoms with van der Waals surface area (Å²) in [4.78, 5) is 13.2. The van der Waals surface area contributed by atoms with Gasteiger partial charge in [-0.1, -0.05) is 6.92 Å². The number of hydrogen-bond acceptors (Lipinski definition) is 4. The number of nitrogens with zero attached hydrogens (tertiary/aromatic N) is 1. The molecule has 1 fully saturated rings. The number of nitrogens with one attached hydrogen (secondary N) is 1. The molecule has 0 bridgehead atoms. The second-order valence-electron chi connectivity index (χ2n) is 4.56. The van der Waals surface area contributed by atoms with Crippen molar-refractivity contribution >= 4 is 17.7 Å². The van der Waals surface area contributed by atoms with Crippen molar-refractivity contribution < 1.29 is 9.53 Å². The number of carbonyl (C=O) groups is 1. The topological polar surface area (TPSA) is 41.6 Å². The first-order chi connectivity index (χ1) is 8.15. The summed E-state index contributed by atoms with van der Waals surface area (Å²) in [6.45, 7) is 4.81. The Hall–Kier alpha value is -0.260. The fourth-order valence-corrected chi connectivity index (χ4v) is 3.02. The molecule has 0 radical (unpaired) electrons. The van der Waals surface area contributed by atoms with Gasteiger partial charge in [0.2, 0.25) is 5.91 Å². The molecule has 0 aromatic rings. The molecule has 1 amide bonds. The quantitative estimate of drug-likeness (QED) is 0.772. The largest absolute Gasteiger partial charge is 0.380 e. The molecule has 1 aliphatic rings. The van der Waals surface area contributed by atoms with Crippen molar-refractivity contribution in [2.24, 2.45) is 0 Å². The van der Waals surface area contributed by atoms with Gasteiger partial charge in [0.05, 0.1) is 12.4 Å². The first-order valence-corrected chi connectivity index (χ1v) is 7.33. The predicted molar refractivity (Wildman–Crippen MR) is 72.5 cm³/mol. The Kier molecular flexibility index (Phi) is 6.92. The van der Waals surface area contributed by atoms with Gasteiger partial charge in [0.15, 0.2) is 0 Å². The van der Waals surface area contributed by atoms with E-state index < -0.39 is 0 Å². The molecule has 0 spiro atoms. The maximum atomic E-state index is 11.6. The van der Waals surface area contributed by atoms with E-state index in [1.807, 2.05) is 0 Å². The van der Waals surface area contributed by atoms with E-state index in [-0.39, 0.29) is 5.91 Å². The normalized spacial score (nSPS) is 24.6. The van der Waals surface area contributed by atoms with Gasteiger partial charge in [-0.3, -0.25) is 4.79 Å². The minimum absolute atomic E-state index is 0.176. The summed E-state index contributed by atoms with van der Waals surface area (Å²) in [5.74, 6) is 0.723. The third-order valence-corrected chi connectivity index (χ3v) is 4.19. The van der Waals surface area contributed by atoms with E-state index in [2.05, 4.69) is 12.2 Å². The van der Waals surface area contributed by atoms with E-state index >= 15 is 0 Å². The van der Waals surface area contributed by atoms with Crippen molar-refractivity contribution in [3.63, 3.8) is 0 Å². The molecule has 2 atom stereocenters. The number of rotatable bonds is 6. The van der Waals surface area contributed by atoms with Gasteiger partial charge in [-0.15, -0.1) is 11.8 Å². The molecule has 2 unspecified atom stereocenters. The van der Waals surface area contributed by atoms with Crippen molar-refractivity contribution in [2.45, 2.75) is 31.1 Å². The molecule has 5 heteroatoms. The van der Waals surface area contributed by atoms with Crippen molar-refractivity contribution in [3.8, 4) is 0 Å². The summed E-state index contributed by atoms with van der Waals surface area (Å²) >= 11 is 1.71. The average molecular weight is 260 g/mol. The molecule has 4 nitrogen and oxygen atoms in total. The van der Waals surface area contributed by atoms with Crippen molar-refractivity contribution in [3.05, 3.63) is 0 Å². The molecule has 1 aliphatic heterocycles. The van der Waals surface area contributed by atoms with E-state index in [0.717, 1.165) is 32.6 Å². The van der Waals surface area contributed by atoms with E-state index in [4.69, 9.17) is 4.74 Å². The van der Waals surface area contributed by atoms with Crippen LogP contribution in [-0.2, 0) is 9.53 Å². The van der Waals surface area contributed by atoms with Gasteiger partial charge in [0, 0.05) is 32.0 Å². The van der Waals surface area contributed by atoms with Crippen LogP contribution in [0.1, 0.15) is 19.8 Å². The molecular formula is C12H24N2O2S. The summed E-state index contributed by atoms with van der Waals surface area (Å²) < 4.78 is 5.50. The second-order valence-corrected chi connectivity index (χ2v) is 5.79. The Bertz CT molecular complexity index is 237. The Labute approximate surface area is 108 Å². The standard InChI is InChI=1S/C12H24N2O2S/c1-4-6-13-10-5-7-16-8-11(10)17-9-12(15)14(2)3/h10-11,13H,4-9H2,1-3H3. The second kappa shape index (κ2) is 7.95. The Morgan fingerprint density at radius 3 is 2.94 bits per heavy atom. The number of amides is 1. The van der Waals surface area contributed by atoms with Crippen LogP contribution < -0.4 is 5.32 Å². The van der Waals surface area contributed by atoms with Crippen molar-refractivity contribution in [2.75, 3.05) is 39.6 Å². The zero-order valence-electron chi connectivity index (χ0n) is 11.1. The van der Waals surface area contributed by atoms with Crippen LogP contribution in [0, 0.1) is 0 Å². The molecule has 100 valence electrons. The van der Waals surface area contributed by atoms with Gasteiger partial charge in [-0.2, -0.15) is 0 Å². The highest BCUT2D eigenvalue weighted by molar-refractivity contribution is 8.00. The first-order valence-electron chi connectivity index (χ1n) is 6.28. The maximum absolute atomic E-state index is 11.6. The average Bonchev–Trinajstić information content (AvgIpc) is 2.34. The molecule has 1 N–H and O–H groups in total. The van der Waals surface area contributed by atoms with Gasteiger partial charge in [0.25, 0.3) is 0 Å². The summed E-state index contributed by atoms with van der Waals surface area (Å²) in [5, 5.41) is 3.95. The number of carbonyl (C=O) groups excluding carboxylic acids is 1. The lowest BCUT2D eigenvalue weighted by molar-refractivity contribution is -0.125. The zero-order valence-corrected chi connectivity index (χ0v) is 11.9. The van der Waals surface area contributed by atoms with Gasteiger partial charge in [-0.25, -0.2) is 0 Å². The Morgan fingerprint density at radius 2 is 2.29 bits per heavy atom. The first kappa shape index (κ1) is 14.8. The van der Waals surface area contributed by atoms with Crippen LogP contribution in [0.3, 0.4) is 0 Å². The van der Waals surface area contributed by atoms with Crippen LogP contribution in [0.4, 0.5) is 0 Å². The molecule has 0 aromatic carbocycles. The SMILES string of the molecule is CCCNC1CCOCC1SCC(=O)N(C)C. The monoisotopic (exact) mass is 260 g/mol. The molecule has 0 aliphatic carbocycles. The minimum Gasteiger partial charge on any atom is -0.380 e. The summed E-state index contributed by atoms with van der Waals surface area (Å²) in [5.41, 5.74) is 0. The summed E-state index contributed by atoms with van der Waals surface area (Å²) in [7, 11) is 3.60. The van der Waals surface area contributed by atoms with E-state index in [1.54, 1.807) is 30.8 Å². The van der Waals surface area contributed by atoms with E-state index in [1.165, 1.54) is 0 Å². The van der Waals surface area contributed by atoms with Gasteiger partial charge < -0.3 is 15.0 Å². The molecular weight excluding hydrogens is 236 g/mol. The number of thioether (sulfide) groups is 1. The van der Waals surface area contributed by atoms with Crippen LogP contribution >= 0.6 is 11.8 Å². The molecule has 1 rings (SSSR count). The van der Waals surface area contributed by atoms with Crippen LogP contribution in [0.15, 0.2) is 0 Å². The molecule has 0 saturated carbocycles. The van der Waals surface area contributed by atoms with Crippen molar-refractivity contribution in [1.82, 2.24) is 10.2 Å². The third kappa shape index (κ3) is 5.27. The van der Waals surface area contributed by atoms with Gasteiger partial charge in [0.1, 0.15) is 0 Å². The Morgan fingerprint density at radius 1 is 1.53 bits per heavy atom. The lowest BCUT2D eigenvalue weighted by Gasteiger charge is -2.32. The van der Waals surface area contributed by atoms with Gasteiger partial charge in [-0.05, 0) is 19.4 Å². The smallest absolute Gasteiger partial charge is 0.232 e. The van der Waals surface area contributed by atoms with Crippen LogP contribution in [0.2, 0.25) is 0 Å². The molecule has 1 heterocycles. The van der Waals surface area contributed by atoms with Crippen molar-refractivity contribution in [1.29, 1.82) is 0 Å². The van der Waals surface area contributed by atoms with E-state index in [9.17, 15) is 4.79 Å². The van der Waals surface area contributed by atoms with E-state index in [0.29, 0.717) is 17.0 Å². The Balaban J connectivity index is 2.34. The summed E-state index contributed by atoms with van der Waals surface area (Å²) in [6, 6.07) is 0.490. The number of hydrogen-bond donors (Lipinski definition) is 1. The highest BCUT2D eigenvalue weighted by Gasteiger charge is 2.26. The molecule has 1 saturated heterocycles. The third-order valence-electron chi connectivity index (χ3n) is 2.88. The molecule has 17 heavy (non-hydrogen) atoms. The zero-order chi connectivity index (χ0) is 12.7. The fourth-order valence-electron chi connectivity index (χ4n) is 1.75. The maximum Gasteiger partial charge on any atom is 0.232 e. The predicted octanol–water partition coefficient (Wildman–Crippen LogP) is 0.965. The van der Waals surface area contributed by atoms with Gasteiger partial charge >= 0.3 is 0 Å². The summed E-state index contributed by atoms with van der Waals surface area (Å²) in [6.07, 6.45) is 2.19. The van der Waals surface area contributed by atoms with Crippen LogP contribution in [-0.4, -0.2) is 61.7 Å². The highest BCUT2D eigenvalue weighted by atomic mass is 32.2. The fraction of sp³-hybridized carbons (Fsp3) is 0.917.